The Bertz CT molecular complexity index is 1340. The number of benzene rings is 2. The molecular formula is C27H29ClN4O3. The van der Waals surface area contributed by atoms with E-state index in [1.54, 1.807) is 23.1 Å². The van der Waals surface area contributed by atoms with Crippen molar-refractivity contribution in [3.8, 4) is 5.75 Å². The zero-order valence-electron chi connectivity index (χ0n) is 19.9. The monoisotopic (exact) mass is 492 g/mol. The lowest BCUT2D eigenvalue weighted by Crippen LogP contribution is -2.53. The Labute approximate surface area is 209 Å². The minimum atomic E-state index is -1.05. The lowest BCUT2D eigenvalue weighted by molar-refractivity contribution is -0.133. The maximum absolute atomic E-state index is 13.8. The first-order valence-electron chi connectivity index (χ1n) is 11.8. The number of aromatic hydroxyl groups is 1. The number of nitrogens with zero attached hydrogens (tertiary/aromatic N) is 3. The molecule has 2 N–H and O–H groups in total. The number of imide groups is 1. The van der Waals surface area contributed by atoms with Gasteiger partial charge >= 0.3 is 6.03 Å². The van der Waals surface area contributed by atoms with Crippen LogP contribution < -0.4 is 0 Å². The number of hydrogen-bond acceptors (Lipinski definition) is 4. The van der Waals surface area contributed by atoms with Crippen LogP contribution in [0.4, 0.5) is 4.79 Å². The zero-order chi connectivity index (χ0) is 24.9. The number of urea groups is 1. The smallest absolute Gasteiger partial charge is 0.328 e. The van der Waals surface area contributed by atoms with Gasteiger partial charge in [-0.1, -0.05) is 29.8 Å². The third-order valence-electron chi connectivity index (χ3n) is 7.18. The van der Waals surface area contributed by atoms with E-state index >= 15 is 0 Å². The van der Waals surface area contributed by atoms with E-state index in [9.17, 15) is 14.7 Å². The first kappa shape index (κ1) is 23.5. The topological polar surface area (TPSA) is 79.9 Å². The summed E-state index contributed by atoms with van der Waals surface area (Å²) in [6, 6.07) is 11.7. The molecule has 7 nitrogen and oxygen atoms in total. The lowest BCUT2D eigenvalue weighted by Gasteiger charge is -2.42. The van der Waals surface area contributed by atoms with Crippen LogP contribution in [-0.4, -0.2) is 68.9 Å². The Morgan fingerprint density at radius 1 is 1.29 bits per heavy atom. The number of H-pyrrole nitrogens is 1. The molecule has 1 saturated heterocycles. The van der Waals surface area contributed by atoms with E-state index in [4.69, 9.17) is 11.6 Å². The molecule has 2 atom stereocenters. The first-order valence-corrected chi connectivity index (χ1v) is 12.2. The SMILES string of the molecule is C=CCN(C)CCCN1C(=O)N2[C@H](c3cccc(O)c3)c3[nH]c4ccc(Cl)cc4c3C[C@@]2(C)C1=O. The van der Waals surface area contributed by atoms with Gasteiger partial charge in [0.05, 0.1) is 0 Å². The van der Waals surface area contributed by atoms with Crippen LogP contribution in [0.2, 0.25) is 5.02 Å². The summed E-state index contributed by atoms with van der Waals surface area (Å²) in [5.74, 6) is -0.0865. The number of likely N-dealkylation sites (N-methyl/N-ethyl adjacent to an activating group) is 1. The molecule has 0 aliphatic carbocycles. The quantitative estimate of drug-likeness (QED) is 0.370. The van der Waals surface area contributed by atoms with Gasteiger partial charge in [-0.25, -0.2) is 4.79 Å². The molecule has 0 spiro atoms. The van der Waals surface area contributed by atoms with Crippen molar-refractivity contribution < 1.29 is 14.7 Å². The van der Waals surface area contributed by atoms with Crippen molar-refractivity contribution in [2.24, 2.45) is 0 Å². The van der Waals surface area contributed by atoms with E-state index < -0.39 is 11.6 Å². The summed E-state index contributed by atoms with van der Waals surface area (Å²) >= 11 is 6.32. The fourth-order valence-corrected chi connectivity index (χ4v) is 5.71. The van der Waals surface area contributed by atoms with Gasteiger partial charge in [0.25, 0.3) is 5.91 Å². The first-order chi connectivity index (χ1) is 16.7. The van der Waals surface area contributed by atoms with Gasteiger partial charge in [0, 0.05) is 41.1 Å². The maximum atomic E-state index is 13.8. The number of nitrogens with one attached hydrogen (secondary N) is 1. The average molecular weight is 493 g/mol. The average Bonchev–Trinajstić information content (AvgIpc) is 3.25. The van der Waals surface area contributed by atoms with Crippen LogP contribution >= 0.6 is 11.6 Å². The number of hydrogen-bond donors (Lipinski definition) is 2. The molecule has 3 heterocycles. The normalized spacial score (nSPS) is 21.7. The predicted molar refractivity (Wildman–Crippen MR) is 137 cm³/mol. The number of amides is 3. The number of aromatic nitrogens is 1. The van der Waals surface area contributed by atoms with Gasteiger partial charge in [-0.3, -0.25) is 14.6 Å². The van der Waals surface area contributed by atoms with Gasteiger partial charge in [-0.05, 0) is 68.4 Å². The molecule has 2 aromatic carbocycles. The third-order valence-corrected chi connectivity index (χ3v) is 7.41. The van der Waals surface area contributed by atoms with Crippen LogP contribution in [0.1, 0.15) is 36.2 Å². The minimum absolute atomic E-state index is 0.107. The summed E-state index contributed by atoms with van der Waals surface area (Å²) in [5, 5.41) is 11.8. The molecule has 0 saturated carbocycles. The Hall–Kier alpha value is -3.29. The van der Waals surface area contributed by atoms with Crippen molar-refractivity contribution >= 4 is 34.4 Å². The summed E-state index contributed by atoms with van der Waals surface area (Å²) in [6.07, 6.45) is 2.89. The van der Waals surface area contributed by atoms with Gasteiger partial charge in [-0.2, -0.15) is 0 Å². The van der Waals surface area contributed by atoms with E-state index in [1.165, 1.54) is 4.90 Å². The second kappa shape index (κ2) is 8.73. The summed E-state index contributed by atoms with van der Waals surface area (Å²) in [4.78, 5) is 36.3. The highest BCUT2D eigenvalue weighted by molar-refractivity contribution is 6.31. The molecule has 1 fully saturated rings. The number of halogens is 1. The van der Waals surface area contributed by atoms with Crippen molar-refractivity contribution in [2.75, 3.05) is 26.7 Å². The number of carbonyl (C=O) groups is 2. The lowest BCUT2D eigenvalue weighted by atomic mass is 9.81. The molecule has 0 bridgehead atoms. The molecule has 5 rings (SSSR count). The van der Waals surface area contributed by atoms with Crippen LogP contribution in [0.25, 0.3) is 10.9 Å². The summed E-state index contributed by atoms with van der Waals surface area (Å²) in [7, 11) is 1.99. The second-order valence-corrected chi connectivity index (χ2v) is 10.1. The van der Waals surface area contributed by atoms with Crippen LogP contribution in [0, 0.1) is 0 Å². The Kier molecular flexibility index (Phi) is 5.85. The maximum Gasteiger partial charge on any atom is 0.328 e. The van der Waals surface area contributed by atoms with Crippen LogP contribution in [-0.2, 0) is 11.2 Å². The van der Waals surface area contributed by atoms with Crippen LogP contribution in [0.5, 0.6) is 5.75 Å². The molecule has 2 aliphatic heterocycles. The number of aromatic amines is 1. The molecule has 0 radical (unpaired) electrons. The fraction of sp³-hybridized carbons (Fsp3) is 0.333. The van der Waals surface area contributed by atoms with Crippen molar-refractivity contribution in [3.05, 3.63) is 77.0 Å². The molecular weight excluding hydrogens is 464 g/mol. The summed E-state index contributed by atoms with van der Waals surface area (Å²) in [5.41, 5.74) is 2.41. The zero-order valence-corrected chi connectivity index (χ0v) is 20.7. The Balaban J connectivity index is 1.59. The van der Waals surface area contributed by atoms with Crippen molar-refractivity contribution in [1.82, 2.24) is 19.7 Å². The standard InChI is InChI=1S/C27H29ClN4O3/c1-4-11-30(3)12-6-13-31-25(34)27(2)16-21-20-15-18(28)9-10-22(20)29-23(21)24(32(27)26(31)35)17-7-5-8-19(33)14-17/h4-5,7-10,14-15,24,29,33H,1,6,11-13,16H2,2-3H3/t24-,27+/m1/s1. The molecule has 35 heavy (non-hydrogen) atoms. The third kappa shape index (κ3) is 3.79. The Morgan fingerprint density at radius 3 is 2.83 bits per heavy atom. The second-order valence-electron chi connectivity index (χ2n) is 9.67. The van der Waals surface area contributed by atoms with Gasteiger partial charge in [-0.15, -0.1) is 6.58 Å². The van der Waals surface area contributed by atoms with E-state index in [0.29, 0.717) is 24.4 Å². The number of phenolic OH excluding ortho intramolecular Hbond substituents is 1. The van der Waals surface area contributed by atoms with Crippen LogP contribution in [0.15, 0.2) is 55.1 Å². The molecule has 3 aromatic rings. The van der Waals surface area contributed by atoms with Crippen LogP contribution in [0.3, 0.4) is 0 Å². The van der Waals surface area contributed by atoms with E-state index in [1.807, 2.05) is 44.3 Å². The van der Waals surface area contributed by atoms with Gasteiger partial charge < -0.3 is 15.0 Å². The molecule has 182 valence electrons. The predicted octanol–water partition coefficient (Wildman–Crippen LogP) is 4.70. The van der Waals surface area contributed by atoms with Gasteiger partial charge in [0.2, 0.25) is 0 Å². The minimum Gasteiger partial charge on any atom is -0.508 e. The number of carbonyl (C=O) groups excluding carboxylic acids is 2. The number of phenols is 1. The summed E-state index contributed by atoms with van der Waals surface area (Å²) < 4.78 is 0. The number of fused-ring (bicyclic) bond motifs is 4. The molecule has 2 aliphatic rings. The van der Waals surface area contributed by atoms with E-state index in [0.717, 1.165) is 40.8 Å². The van der Waals surface area contributed by atoms with Gasteiger partial charge in [0.1, 0.15) is 17.3 Å². The highest BCUT2D eigenvalue weighted by Gasteiger charge is 2.60. The van der Waals surface area contributed by atoms with Crippen molar-refractivity contribution in [3.63, 3.8) is 0 Å². The highest BCUT2D eigenvalue weighted by Crippen LogP contribution is 2.49. The summed E-state index contributed by atoms with van der Waals surface area (Å²) in [6.45, 7) is 7.44. The number of rotatable bonds is 7. The van der Waals surface area contributed by atoms with E-state index in [2.05, 4.69) is 16.5 Å². The largest absolute Gasteiger partial charge is 0.508 e. The Morgan fingerprint density at radius 2 is 2.09 bits per heavy atom. The molecule has 8 heteroatoms. The van der Waals surface area contributed by atoms with Crippen molar-refractivity contribution in [2.45, 2.75) is 31.3 Å². The van der Waals surface area contributed by atoms with E-state index in [-0.39, 0.29) is 17.7 Å². The fourth-order valence-electron chi connectivity index (χ4n) is 5.53. The van der Waals surface area contributed by atoms with Gasteiger partial charge in [0.15, 0.2) is 0 Å². The molecule has 3 amide bonds. The molecule has 1 aromatic heterocycles. The highest BCUT2D eigenvalue weighted by atomic mass is 35.5. The molecule has 0 unspecified atom stereocenters. The van der Waals surface area contributed by atoms with Crippen molar-refractivity contribution in [1.29, 1.82) is 0 Å².